The van der Waals surface area contributed by atoms with Crippen LogP contribution in [0.15, 0.2) is 0 Å². The number of nitrogens with zero attached hydrogens (tertiary/aromatic N) is 5. The van der Waals surface area contributed by atoms with Crippen LogP contribution in [0.3, 0.4) is 0 Å². The minimum atomic E-state index is 0.120. The SMILES string of the molecule is O=C(CCCN1CCCCCC1)N1CCCC1c1nnc2n1CCNCC2. The molecule has 0 saturated carbocycles. The van der Waals surface area contributed by atoms with Gasteiger partial charge in [-0.25, -0.2) is 0 Å². The van der Waals surface area contributed by atoms with Gasteiger partial charge < -0.3 is 19.7 Å². The molecule has 1 atom stereocenters. The number of carbonyl (C=O) groups is 1. The zero-order valence-electron chi connectivity index (χ0n) is 16.5. The van der Waals surface area contributed by atoms with Crippen molar-refractivity contribution in [2.24, 2.45) is 0 Å². The fourth-order valence-electron chi connectivity index (χ4n) is 4.83. The molecule has 7 nitrogen and oxygen atoms in total. The molecule has 27 heavy (non-hydrogen) atoms. The number of hydrogen-bond acceptors (Lipinski definition) is 5. The molecule has 3 aliphatic heterocycles. The Labute approximate surface area is 162 Å². The number of aromatic nitrogens is 3. The lowest BCUT2D eigenvalue weighted by Crippen LogP contribution is -2.33. The molecule has 0 radical (unpaired) electrons. The summed E-state index contributed by atoms with van der Waals surface area (Å²) in [5, 5.41) is 12.3. The fourth-order valence-corrected chi connectivity index (χ4v) is 4.83. The highest BCUT2D eigenvalue weighted by Crippen LogP contribution is 2.32. The third-order valence-corrected chi connectivity index (χ3v) is 6.33. The molecular formula is C20H34N6O. The third kappa shape index (κ3) is 4.51. The molecular weight excluding hydrogens is 340 g/mol. The van der Waals surface area contributed by atoms with Gasteiger partial charge in [-0.3, -0.25) is 4.79 Å². The van der Waals surface area contributed by atoms with Gasteiger partial charge in [-0.1, -0.05) is 12.8 Å². The summed E-state index contributed by atoms with van der Waals surface area (Å²) >= 11 is 0. The Bertz CT molecular complexity index is 622. The van der Waals surface area contributed by atoms with E-state index in [0.717, 1.165) is 70.1 Å². The molecule has 3 aliphatic rings. The minimum absolute atomic E-state index is 0.120. The smallest absolute Gasteiger partial charge is 0.223 e. The quantitative estimate of drug-likeness (QED) is 0.850. The summed E-state index contributed by atoms with van der Waals surface area (Å²) in [6.07, 6.45) is 10.0. The lowest BCUT2D eigenvalue weighted by Gasteiger charge is -2.25. The highest BCUT2D eigenvalue weighted by Gasteiger charge is 2.34. The topological polar surface area (TPSA) is 66.3 Å². The van der Waals surface area contributed by atoms with Crippen LogP contribution in [-0.4, -0.2) is 69.7 Å². The Morgan fingerprint density at radius 3 is 2.70 bits per heavy atom. The van der Waals surface area contributed by atoms with Crippen molar-refractivity contribution >= 4 is 5.91 Å². The van der Waals surface area contributed by atoms with Gasteiger partial charge in [-0.2, -0.15) is 0 Å². The molecule has 0 spiro atoms. The minimum Gasteiger partial charge on any atom is -0.332 e. The van der Waals surface area contributed by atoms with Crippen LogP contribution >= 0.6 is 0 Å². The van der Waals surface area contributed by atoms with Crippen molar-refractivity contribution in [3.8, 4) is 0 Å². The molecule has 2 fully saturated rings. The number of likely N-dealkylation sites (tertiary alicyclic amines) is 2. The summed E-state index contributed by atoms with van der Waals surface area (Å²) in [5.41, 5.74) is 0. The van der Waals surface area contributed by atoms with Crippen molar-refractivity contribution in [2.45, 2.75) is 70.4 Å². The molecule has 1 N–H and O–H groups in total. The molecule has 1 amide bonds. The largest absolute Gasteiger partial charge is 0.332 e. The van der Waals surface area contributed by atoms with Crippen molar-refractivity contribution in [3.05, 3.63) is 11.6 Å². The van der Waals surface area contributed by atoms with Gasteiger partial charge in [0.25, 0.3) is 0 Å². The maximum absolute atomic E-state index is 12.9. The van der Waals surface area contributed by atoms with E-state index in [4.69, 9.17) is 0 Å². The first-order valence-electron chi connectivity index (χ1n) is 11.0. The average molecular weight is 375 g/mol. The van der Waals surface area contributed by atoms with E-state index in [2.05, 4.69) is 29.9 Å². The number of fused-ring (bicyclic) bond motifs is 1. The molecule has 4 heterocycles. The van der Waals surface area contributed by atoms with Gasteiger partial charge in [-0.15, -0.1) is 10.2 Å². The maximum atomic E-state index is 12.9. The normalized spacial score (nSPS) is 24.4. The van der Waals surface area contributed by atoms with Crippen molar-refractivity contribution in [1.82, 2.24) is 29.9 Å². The Kier molecular flexibility index (Phi) is 6.39. The van der Waals surface area contributed by atoms with Crippen LogP contribution in [0.4, 0.5) is 0 Å². The van der Waals surface area contributed by atoms with E-state index in [1.807, 2.05) is 0 Å². The molecule has 2 saturated heterocycles. The summed E-state index contributed by atoms with van der Waals surface area (Å²) in [5.74, 6) is 2.37. The highest BCUT2D eigenvalue weighted by atomic mass is 16.2. The van der Waals surface area contributed by atoms with Crippen LogP contribution in [0.5, 0.6) is 0 Å². The monoisotopic (exact) mass is 374 g/mol. The summed E-state index contributed by atoms with van der Waals surface area (Å²) in [4.78, 5) is 17.6. The van der Waals surface area contributed by atoms with Gasteiger partial charge in [0.05, 0.1) is 6.04 Å². The number of nitrogens with one attached hydrogen (secondary N) is 1. The van der Waals surface area contributed by atoms with Gasteiger partial charge >= 0.3 is 0 Å². The van der Waals surface area contributed by atoms with E-state index in [0.29, 0.717) is 12.3 Å². The summed E-state index contributed by atoms with van der Waals surface area (Å²) in [6.45, 7) is 7.17. The summed E-state index contributed by atoms with van der Waals surface area (Å²) < 4.78 is 2.26. The first kappa shape index (κ1) is 18.9. The summed E-state index contributed by atoms with van der Waals surface area (Å²) in [7, 11) is 0. The van der Waals surface area contributed by atoms with E-state index >= 15 is 0 Å². The molecule has 150 valence electrons. The molecule has 7 heteroatoms. The van der Waals surface area contributed by atoms with Crippen LogP contribution < -0.4 is 5.32 Å². The third-order valence-electron chi connectivity index (χ3n) is 6.33. The number of amides is 1. The van der Waals surface area contributed by atoms with Crippen LogP contribution in [-0.2, 0) is 17.8 Å². The molecule has 4 rings (SSSR count). The van der Waals surface area contributed by atoms with Gasteiger partial charge in [0.1, 0.15) is 5.82 Å². The lowest BCUT2D eigenvalue weighted by molar-refractivity contribution is -0.132. The molecule has 1 aromatic rings. The Hall–Kier alpha value is -1.47. The van der Waals surface area contributed by atoms with Crippen LogP contribution in [0.25, 0.3) is 0 Å². The van der Waals surface area contributed by atoms with E-state index < -0.39 is 0 Å². The fraction of sp³-hybridized carbons (Fsp3) is 0.850. The highest BCUT2D eigenvalue weighted by molar-refractivity contribution is 5.76. The molecule has 0 aromatic carbocycles. The summed E-state index contributed by atoms with van der Waals surface area (Å²) in [6, 6.07) is 0.120. The van der Waals surface area contributed by atoms with Crippen molar-refractivity contribution < 1.29 is 4.79 Å². The lowest BCUT2D eigenvalue weighted by atomic mass is 10.2. The zero-order chi connectivity index (χ0) is 18.5. The Balaban J connectivity index is 1.34. The Morgan fingerprint density at radius 1 is 1.00 bits per heavy atom. The first-order chi connectivity index (χ1) is 13.3. The average Bonchev–Trinajstić information content (AvgIpc) is 3.13. The van der Waals surface area contributed by atoms with Gasteiger partial charge in [0.15, 0.2) is 5.82 Å². The van der Waals surface area contributed by atoms with Gasteiger partial charge in [-0.05, 0) is 51.7 Å². The van der Waals surface area contributed by atoms with Crippen LogP contribution in [0, 0.1) is 0 Å². The number of hydrogen-bond donors (Lipinski definition) is 1. The van der Waals surface area contributed by atoms with Crippen LogP contribution in [0.1, 0.15) is 69.1 Å². The van der Waals surface area contributed by atoms with E-state index in [1.54, 1.807) is 0 Å². The van der Waals surface area contributed by atoms with Gasteiger partial charge in [0.2, 0.25) is 5.91 Å². The predicted octanol–water partition coefficient (Wildman–Crippen LogP) is 1.74. The second kappa shape index (κ2) is 9.15. The Morgan fingerprint density at radius 2 is 1.85 bits per heavy atom. The van der Waals surface area contributed by atoms with Crippen molar-refractivity contribution in [1.29, 1.82) is 0 Å². The van der Waals surface area contributed by atoms with Crippen LogP contribution in [0.2, 0.25) is 0 Å². The van der Waals surface area contributed by atoms with E-state index in [1.165, 1.54) is 38.8 Å². The molecule has 1 unspecified atom stereocenters. The maximum Gasteiger partial charge on any atom is 0.223 e. The molecule has 0 aliphatic carbocycles. The van der Waals surface area contributed by atoms with Crippen molar-refractivity contribution in [2.75, 3.05) is 39.3 Å². The molecule has 1 aromatic heterocycles. The van der Waals surface area contributed by atoms with E-state index in [-0.39, 0.29) is 6.04 Å². The zero-order valence-corrected chi connectivity index (χ0v) is 16.5. The molecule has 0 bridgehead atoms. The predicted molar refractivity (Wildman–Crippen MR) is 104 cm³/mol. The number of rotatable bonds is 5. The van der Waals surface area contributed by atoms with Crippen molar-refractivity contribution in [3.63, 3.8) is 0 Å². The second-order valence-electron chi connectivity index (χ2n) is 8.23. The van der Waals surface area contributed by atoms with Gasteiger partial charge in [0, 0.05) is 39.0 Å². The standard InChI is InChI=1S/C20H34N6O/c27-19(8-6-14-24-12-3-1-2-4-13-24)25-15-5-7-17(25)20-23-22-18-9-10-21-11-16-26(18)20/h17,21H,1-16H2. The first-order valence-corrected chi connectivity index (χ1v) is 11.0. The number of carbonyl (C=O) groups excluding carboxylic acids is 1. The second-order valence-corrected chi connectivity index (χ2v) is 8.23. The van der Waals surface area contributed by atoms with E-state index in [9.17, 15) is 4.79 Å².